The van der Waals surface area contributed by atoms with Crippen LogP contribution in [-0.4, -0.2) is 91.7 Å². The summed E-state index contributed by atoms with van der Waals surface area (Å²) in [5.41, 5.74) is 3.49. The highest BCUT2D eigenvalue weighted by Gasteiger charge is 2.49. The van der Waals surface area contributed by atoms with Gasteiger partial charge in [-0.05, 0) is 62.4 Å². The molecule has 3 unspecified atom stereocenters. The van der Waals surface area contributed by atoms with Gasteiger partial charge in [0.1, 0.15) is 30.0 Å². The van der Waals surface area contributed by atoms with Crippen molar-refractivity contribution in [1.82, 2.24) is 4.90 Å². The summed E-state index contributed by atoms with van der Waals surface area (Å²) >= 11 is 0. The number of unbranched alkanes of at least 4 members (excludes halogenated alkanes) is 3. The predicted octanol–water partition coefficient (Wildman–Crippen LogP) is 7.90. The molecule has 0 amide bonds. The summed E-state index contributed by atoms with van der Waals surface area (Å²) in [6.45, 7) is 8.92. The average Bonchev–Trinajstić information content (AvgIpc) is 3.22. The normalized spacial score (nSPS) is 19.6. The van der Waals surface area contributed by atoms with Crippen LogP contribution in [-0.2, 0) is 64.4 Å². The summed E-state index contributed by atoms with van der Waals surface area (Å²) in [6.07, 6.45) is 0.199. The summed E-state index contributed by atoms with van der Waals surface area (Å²) in [4.78, 5) is 15.1. The van der Waals surface area contributed by atoms with Crippen molar-refractivity contribution in [3.63, 3.8) is 0 Å². The number of carbonyl (C=O) groups is 1. The first-order valence-electron chi connectivity index (χ1n) is 20.7. The van der Waals surface area contributed by atoms with Crippen LogP contribution < -0.4 is 0 Å². The first-order valence-corrected chi connectivity index (χ1v) is 20.7. The monoisotopic (exact) mass is 797 g/mol. The van der Waals surface area contributed by atoms with Crippen LogP contribution in [0.4, 0.5) is 0 Å². The minimum atomic E-state index is -0.833. The molecule has 10 heteroatoms. The second kappa shape index (κ2) is 24.8. The van der Waals surface area contributed by atoms with Crippen LogP contribution in [0.1, 0.15) is 68.7 Å². The smallest absolute Gasteiger partial charge is 0.320 e. The molecule has 58 heavy (non-hydrogen) atoms. The van der Waals surface area contributed by atoms with E-state index in [0.717, 1.165) is 47.9 Å². The predicted molar refractivity (Wildman–Crippen MR) is 224 cm³/mol. The summed E-state index contributed by atoms with van der Waals surface area (Å²) in [7, 11) is 0. The highest BCUT2D eigenvalue weighted by Crippen LogP contribution is 2.32. The molecule has 0 aliphatic carbocycles. The average molecular weight is 798 g/mol. The highest BCUT2D eigenvalue weighted by atomic mass is 16.7. The molecule has 1 saturated heterocycles. The second-order valence-electron chi connectivity index (χ2n) is 15.7. The summed E-state index contributed by atoms with van der Waals surface area (Å²) < 4.78 is 45.9. The quantitative estimate of drug-likeness (QED) is 0.0526. The first kappa shape index (κ1) is 45.1. The molecule has 5 atom stereocenters. The lowest BCUT2D eigenvalue weighted by Gasteiger charge is -2.46. The van der Waals surface area contributed by atoms with Gasteiger partial charge in [0.2, 0.25) is 0 Å². The van der Waals surface area contributed by atoms with E-state index in [2.05, 4.69) is 4.90 Å². The molecule has 5 rings (SSSR count). The molecular formula is C48H63NO9. The van der Waals surface area contributed by atoms with Crippen LogP contribution in [0.15, 0.2) is 121 Å². The van der Waals surface area contributed by atoms with E-state index in [9.17, 15) is 9.90 Å². The largest absolute Gasteiger partial charge is 0.459 e. The van der Waals surface area contributed by atoms with Gasteiger partial charge in [0.05, 0.1) is 46.2 Å². The maximum Gasteiger partial charge on any atom is 0.320 e. The molecule has 0 radical (unpaired) electrons. The van der Waals surface area contributed by atoms with Gasteiger partial charge in [-0.15, -0.1) is 0 Å². The topological polar surface area (TPSA) is 105 Å². The number of aliphatic hydroxyl groups is 1. The van der Waals surface area contributed by atoms with E-state index in [1.165, 1.54) is 0 Å². The molecule has 1 heterocycles. The zero-order valence-corrected chi connectivity index (χ0v) is 34.5. The summed E-state index contributed by atoms with van der Waals surface area (Å²) in [5.74, 6) is -0.287. The van der Waals surface area contributed by atoms with Crippen molar-refractivity contribution in [2.75, 3.05) is 39.5 Å². The Hall–Kier alpha value is -3.97. The lowest BCUT2D eigenvalue weighted by molar-refractivity contribution is -0.329. The first-order chi connectivity index (χ1) is 28.3. The Morgan fingerprint density at radius 3 is 1.64 bits per heavy atom. The van der Waals surface area contributed by atoms with Gasteiger partial charge in [-0.2, -0.15) is 0 Å². The SMILES string of the molecule is CC(C)(C)OC(=O)CN(CCCCCCO)CCOC1C(OCc2ccccc2)[C@H](OCc2ccccc2)C(COCc2ccccc2)O[C@@H]1OCc1ccccc1. The van der Waals surface area contributed by atoms with Gasteiger partial charge in [0, 0.05) is 13.2 Å². The van der Waals surface area contributed by atoms with Crippen molar-refractivity contribution in [2.24, 2.45) is 0 Å². The maximum atomic E-state index is 13.0. The number of esters is 1. The van der Waals surface area contributed by atoms with Gasteiger partial charge in [-0.1, -0.05) is 134 Å². The Morgan fingerprint density at radius 1 is 0.603 bits per heavy atom. The fraction of sp³-hybridized carbons (Fsp3) is 0.479. The second-order valence-corrected chi connectivity index (χ2v) is 15.7. The molecule has 4 aromatic carbocycles. The lowest BCUT2D eigenvalue weighted by Crippen LogP contribution is -2.62. The number of aliphatic hydroxyl groups excluding tert-OH is 1. The van der Waals surface area contributed by atoms with E-state index in [-0.39, 0.29) is 32.3 Å². The Morgan fingerprint density at radius 2 is 1.10 bits per heavy atom. The van der Waals surface area contributed by atoms with Crippen molar-refractivity contribution in [3.05, 3.63) is 144 Å². The Kier molecular flexibility index (Phi) is 19.3. The van der Waals surface area contributed by atoms with Crippen molar-refractivity contribution < 1.29 is 43.1 Å². The number of nitrogens with zero attached hydrogens (tertiary/aromatic N) is 1. The van der Waals surface area contributed by atoms with Gasteiger partial charge in [0.25, 0.3) is 0 Å². The van der Waals surface area contributed by atoms with E-state index in [1.807, 2.05) is 142 Å². The van der Waals surface area contributed by atoms with Crippen molar-refractivity contribution >= 4 is 5.97 Å². The molecule has 0 saturated carbocycles. The highest BCUT2D eigenvalue weighted by molar-refractivity contribution is 5.72. The third-order valence-corrected chi connectivity index (χ3v) is 9.69. The standard InChI is InChI=1S/C48H63NO9/c1-48(2,3)58-43(51)32-49(28-18-4-5-19-30-50)29-31-53-46-45(55-35-40-24-14-8-15-25-40)44(54-34-39-22-12-7-13-23-39)42(37-52-33-38-20-10-6-11-21-38)57-47(46)56-36-41-26-16-9-17-27-41/h6-17,20-27,42,44-47,50H,4-5,18-19,28-37H2,1-3H3/t42?,44-,45?,46?,47+/m1/s1. The van der Waals surface area contributed by atoms with Crippen LogP contribution in [0.25, 0.3) is 0 Å². The van der Waals surface area contributed by atoms with Crippen LogP contribution >= 0.6 is 0 Å². The molecule has 1 aliphatic heterocycles. The third-order valence-electron chi connectivity index (χ3n) is 9.69. The Labute approximate surface area is 345 Å². The Balaban J connectivity index is 1.41. The van der Waals surface area contributed by atoms with Crippen LogP contribution in [0.2, 0.25) is 0 Å². The van der Waals surface area contributed by atoms with Crippen LogP contribution in [0.3, 0.4) is 0 Å². The lowest BCUT2D eigenvalue weighted by atomic mass is 9.97. The molecule has 1 N–H and O–H groups in total. The number of hydrogen-bond acceptors (Lipinski definition) is 10. The maximum absolute atomic E-state index is 13.0. The van der Waals surface area contributed by atoms with E-state index in [0.29, 0.717) is 39.5 Å². The number of hydrogen-bond donors (Lipinski definition) is 1. The summed E-state index contributed by atoms with van der Waals surface area (Å²) in [6, 6.07) is 40.1. The minimum Gasteiger partial charge on any atom is -0.459 e. The minimum absolute atomic E-state index is 0.132. The molecule has 10 nitrogen and oxygen atoms in total. The zero-order valence-electron chi connectivity index (χ0n) is 34.5. The third kappa shape index (κ3) is 16.4. The van der Waals surface area contributed by atoms with Gasteiger partial charge in [0.15, 0.2) is 6.29 Å². The zero-order chi connectivity index (χ0) is 40.8. The van der Waals surface area contributed by atoms with Gasteiger partial charge < -0.3 is 38.3 Å². The van der Waals surface area contributed by atoms with E-state index in [1.54, 1.807) is 0 Å². The molecule has 1 fully saturated rings. The van der Waals surface area contributed by atoms with Crippen LogP contribution in [0, 0.1) is 0 Å². The Bertz CT molecular complexity index is 1670. The number of carbonyl (C=O) groups excluding carboxylic acids is 1. The van der Waals surface area contributed by atoms with Crippen molar-refractivity contribution in [2.45, 2.75) is 109 Å². The number of ether oxygens (including phenoxy) is 7. The molecule has 314 valence electrons. The van der Waals surface area contributed by atoms with Gasteiger partial charge in [-0.25, -0.2) is 0 Å². The molecule has 0 aromatic heterocycles. The van der Waals surface area contributed by atoms with Crippen LogP contribution in [0.5, 0.6) is 0 Å². The molecule has 4 aromatic rings. The number of benzene rings is 4. The van der Waals surface area contributed by atoms with Crippen molar-refractivity contribution in [3.8, 4) is 0 Å². The summed E-state index contributed by atoms with van der Waals surface area (Å²) in [5, 5.41) is 9.27. The molecule has 0 bridgehead atoms. The van der Waals surface area contributed by atoms with E-state index < -0.39 is 36.3 Å². The molecule has 0 spiro atoms. The fourth-order valence-corrected chi connectivity index (χ4v) is 6.81. The molecule has 1 aliphatic rings. The van der Waals surface area contributed by atoms with E-state index in [4.69, 9.17) is 33.2 Å². The van der Waals surface area contributed by atoms with Crippen molar-refractivity contribution in [1.29, 1.82) is 0 Å². The molecular weight excluding hydrogens is 735 g/mol. The van der Waals surface area contributed by atoms with E-state index >= 15 is 0 Å². The number of rotatable bonds is 25. The fourth-order valence-electron chi connectivity index (χ4n) is 6.81. The van der Waals surface area contributed by atoms with Gasteiger partial charge >= 0.3 is 5.97 Å². The van der Waals surface area contributed by atoms with Gasteiger partial charge in [-0.3, -0.25) is 9.69 Å².